The first kappa shape index (κ1) is 27.9. The minimum atomic E-state index is -0.923. The summed E-state index contributed by atoms with van der Waals surface area (Å²) in [7, 11) is 0. The fourth-order valence-corrected chi connectivity index (χ4v) is 4.61. The average Bonchev–Trinajstić information content (AvgIpc) is 2.68. The molecule has 1 aliphatic rings. The number of phenolic OH excluding ortho intramolecular Hbond substituents is 2. The fourth-order valence-electron chi connectivity index (χ4n) is 4.61. The van der Waals surface area contributed by atoms with Crippen molar-refractivity contribution in [1.29, 1.82) is 0 Å². The molecule has 0 aromatic heterocycles. The maximum atomic E-state index is 13.2. The number of hydrogen-bond donors (Lipinski definition) is 3. The number of likely N-dealkylation sites (tertiary alicyclic amines) is 1. The Morgan fingerprint density at radius 1 is 1.06 bits per heavy atom. The highest BCUT2D eigenvalue weighted by molar-refractivity contribution is 5.97. The van der Waals surface area contributed by atoms with Crippen LogP contribution in [0.3, 0.4) is 0 Å². The van der Waals surface area contributed by atoms with Crippen molar-refractivity contribution in [3.8, 4) is 11.5 Å². The minimum absolute atomic E-state index is 0.00139. The number of rotatable bonds is 7. The number of benzene rings is 1. The van der Waals surface area contributed by atoms with Gasteiger partial charge in [-0.05, 0) is 71.9 Å². The van der Waals surface area contributed by atoms with Crippen LogP contribution in [0.15, 0.2) is 12.1 Å². The van der Waals surface area contributed by atoms with Crippen LogP contribution in [0.1, 0.15) is 90.1 Å². The molecule has 0 radical (unpaired) electrons. The number of carbonyl (C=O) groups is 2. The molecule has 1 aromatic rings. The maximum absolute atomic E-state index is 13.2. The molecule has 1 aromatic carbocycles. The normalized spacial score (nSPS) is 16.8. The maximum Gasteiger partial charge on any atom is 0.323 e. The summed E-state index contributed by atoms with van der Waals surface area (Å²) >= 11 is 0. The molecule has 1 unspecified atom stereocenters. The van der Waals surface area contributed by atoms with Crippen molar-refractivity contribution >= 4 is 11.9 Å². The number of carboxylic acids is 1. The quantitative estimate of drug-likeness (QED) is 0.539. The lowest BCUT2D eigenvalue weighted by Gasteiger charge is -2.48. The highest BCUT2D eigenvalue weighted by Gasteiger charge is 2.41. The van der Waals surface area contributed by atoms with E-state index in [1.54, 1.807) is 11.0 Å². The van der Waals surface area contributed by atoms with Crippen LogP contribution in [-0.4, -0.2) is 79.9 Å². The van der Waals surface area contributed by atoms with Gasteiger partial charge < -0.3 is 25.0 Å². The van der Waals surface area contributed by atoms with Crippen LogP contribution in [-0.2, 0) is 9.53 Å². The molecule has 8 nitrogen and oxygen atoms in total. The first-order chi connectivity index (χ1) is 15.5. The van der Waals surface area contributed by atoms with E-state index in [0.29, 0.717) is 31.5 Å². The summed E-state index contributed by atoms with van der Waals surface area (Å²) in [6.07, 6.45) is 1.22. The van der Waals surface area contributed by atoms with Crippen LogP contribution >= 0.6 is 0 Å². The number of aliphatic carboxylic acids is 1. The Morgan fingerprint density at radius 2 is 1.62 bits per heavy atom. The number of nitrogens with zero attached hydrogens (tertiary/aromatic N) is 2. The summed E-state index contributed by atoms with van der Waals surface area (Å²) in [6.45, 7) is 16.5. The molecule has 34 heavy (non-hydrogen) atoms. The highest BCUT2D eigenvalue weighted by atomic mass is 16.5. The summed E-state index contributed by atoms with van der Waals surface area (Å²) in [5.74, 6) is -1.48. The van der Waals surface area contributed by atoms with Crippen molar-refractivity contribution in [2.24, 2.45) is 0 Å². The number of amides is 1. The SMILES string of the molecule is CC(C)c1cc(C(=O)N2CCC(N(C(COC(C)(C)C)C(=O)O)C(C)(C)C)CC2)c(O)cc1O. The zero-order valence-corrected chi connectivity index (χ0v) is 21.9. The monoisotopic (exact) mass is 478 g/mol. The van der Waals surface area contributed by atoms with Crippen LogP contribution in [0.25, 0.3) is 0 Å². The van der Waals surface area contributed by atoms with Gasteiger partial charge >= 0.3 is 5.97 Å². The second kappa shape index (κ2) is 10.5. The molecule has 3 N–H and O–H groups in total. The number of piperidine rings is 1. The van der Waals surface area contributed by atoms with E-state index in [2.05, 4.69) is 0 Å². The van der Waals surface area contributed by atoms with Crippen LogP contribution in [0.5, 0.6) is 11.5 Å². The van der Waals surface area contributed by atoms with Gasteiger partial charge in [0.25, 0.3) is 5.91 Å². The molecule has 192 valence electrons. The number of carboxylic acid groups (broad SMARTS) is 1. The lowest BCUT2D eigenvalue weighted by Crippen LogP contribution is -2.60. The second-order valence-electron chi connectivity index (χ2n) is 11.5. The molecule has 1 amide bonds. The van der Waals surface area contributed by atoms with Gasteiger partial charge in [0.05, 0.1) is 17.8 Å². The molecule has 1 aliphatic heterocycles. The molecule has 1 atom stereocenters. The van der Waals surface area contributed by atoms with E-state index in [1.807, 2.05) is 60.3 Å². The predicted molar refractivity (Wildman–Crippen MR) is 132 cm³/mol. The Bertz CT molecular complexity index is 877. The number of phenols is 2. The first-order valence-electron chi connectivity index (χ1n) is 12.0. The van der Waals surface area contributed by atoms with Crippen molar-refractivity contribution in [1.82, 2.24) is 9.80 Å². The van der Waals surface area contributed by atoms with Crippen LogP contribution in [0.2, 0.25) is 0 Å². The topological polar surface area (TPSA) is 111 Å². The molecule has 1 saturated heterocycles. The zero-order valence-electron chi connectivity index (χ0n) is 21.9. The van der Waals surface area contributed by atoms with Crippen LogP contribution in [0, 0.1) is 0 Å². The molecule has 1 fully saturated rings. The van der Waals surface area contributed by atoms with Gasteiger partial charge in [0.1, 0.15) is 17.5 Å². The summed E-state index contributed by atoms with van der Waals surface area (Å²) in [5, 5.41) is 30.4. The molecular formula is C26H42N2O6. The van der Waals surface area contributed by atoms with Gasteiger partial charge in [0, 0.05) is 30.7 Å². The molecule has 1 heterocycles. The Morgan fingerprint density at radius 3 is 2.06 bits per heavy atom. The number of hydrogen-bond acceptors (Lipinski definition) is 6. The molecule has 0 saturated carbocycles. The lowest BCUT2D eigenvalue weighted by molar-refractivity contribution is -0.155. The third-order valence-corrected chi connectivity index (χ3v) is 6.21. The van der Waals surface area contributed by atoms with Crippen molar-refractivity contribution in [2.45, 2.75) is 97.4 Å². The highest BCUT2D eigenvalue weighted by Crippen LogP contribution is 2.34. The average molecular weight is 479 g/mol. The second-order valence-corrected chi connectivity index (χ2v) is 11.5. The fraction of sp³-hybridized carbons (Fsp3) is 0.692. The lowest BCUT2D eigenvalue weighted by atomic mass is 9.93. The van der Waals surface area contributed by atoms with E-state index in [1.165, 1.54) is 6.07 Å². The molecule has 0 spiro atoms. The van der Waals surface area contributed by atoms with Crippen LogP contribution < -0.4 is 0 Å². The van der Waals surface area contributed by atoms with Crippen molar-refractivity contribution in [3.05, 3.63) is 23.3 Å². The number of ether oxygens (including phenoxy) is 1. The largest absolute Gasteiger partial charge is 0.508 e. The van der Waals surface area contributed by atoms with E-state index in [9.17, 15) is 24.9 Å². The van der Waals surface area contributed by atoms with Gasteiger partial charge in [0.2, 0.25) is 0 Å². The molecule has 8 heteroatoms. The third kappa shape index (κ3) is 6.85. The first-order valence-corrected chi connectivity index (χ1v) is 12.0. The van der Waals surface area contributed by atoms with Crippen molar-refractivity contribution in [2.75, 3.05) is 19.7 Å². The Kier molecular flexibility index (Phi) is 8.64. The van der Waals surface area contributed by atoms with E-state index < -0.39 is 23.2 Å². The standard InChI is InChI=1S/C26H42N2O6/c1-16(2)18-13-19(22(30)14-21(18)29)23(31)27-11-9-17(10-12-27)28(25(3,4)5)20(24(32)33)15-34-26(6,7)8/h13-14,16-17,20,29-30H,9-12,15H2,1-8H3,(H,32,33). The van der Waals surface area contributed by atoms with Gasteiger partial charge in [-0.2, -0.15) is 0 Å². The van der Waals surface area contributed by atoms with Gasteiger partial charge in [-0.3, -0.25) is 14.5 Å². The molecular weight excluding hydrogens is 436 g/mol. The van der Waals surface area contributed by atoms with Gasteiger partial charge in [-0.25, -0.2) is 0 Å². The predicted octanol–water partition coefficient (Wildman–Crippen LogP) is 4.19. The molecule has 0 aliphatic carbocycles. The number of carbonyl (C=O) groups excluding carboxylic acids is 1. The van der Waals surface area contributed by atoms with Gasteiger partial charge in [-0.1, -0.05) is 13.8 Å². The Labute approximate surface area is 203 Å². The van der Waals surface area contributed by atoms with Crippen molar-refractivity contribution in [3.63, 3.8) is 0 Å². The molecule has 2 rings (SSSR count). The van der Waals surface area contributed by atoms with Gasteiger partial charge in [-0.15, -0.1) is 0 Å². The van der Waals surface area contributed by atoms with Crippen LogP contribution in [0.4, 0.5) is 0 Å². The smallest absolute Gasteiger partial charge is 0.323 e. The summed E-state index contributed by atoms with van der Waals surface area (Å²) in [5.41, 5.74) is -0.0796. The number of aromatic hydroxyl groups is 2. The summed E-state index contributed by atoms with van der Waals surface area (Å²) in [4.78, 5) is 29.1. The summed E-state index contributed by atoms with van der Waals surface area (Å²) < 4.78 is 5.85. The summed E-state index contributed by atoms with van der Waals surface area (Å²) in [6, 6.07) is 1.95. The zero-order chi connectivity index (χ0) is 26.0. The van der Waals surface area contributed by atoms with E-state index in [4.69, 9.17) is 4.74 Å². The van der Waals surface area contributed by atoms with E-state index in [0.717, 1.165) is 0 Å². The Hall–Kier alpha value is -2.32. The van der Waals surface area contributed by atoms with E-state index in [-0.39, 0.29) is 41.5 Å². The van der Waals surface area contributed by atoms with Gasteiger partial charge in [0.15, 0.2) is 0 Å². The van der Waals surface area contributed by atoms with Crippen molar-refractivity contribution < 1.29 is 29.6 Å². The molecule has 0 bridgehead atoms. The van der Waals surface area contributed by atoms with E-state index >= 15 is 0 Å². The minimum Gasteiger partial charge on any atom is -0.508 e. The Balaban J connectivity index is 2.21. The third-order valence-electron chi connectivity index (χ3n) is 6.21.